The highest BCUT2D eigenvalue weighted by atomic mass is 32.2. The number of ether oxygens (including phenoxy) is 1. The second-order valence-electron chi connectivity index (χ2n) is 11.8. The van der Waals surface area contributed by atoms with E-state index in [4.69, 9.17) is 9.84 Å². The number of methoxy groups -OCH3 is 1. The van der Waals surface area contributed by atoms with Crippen molar-refractivity contribution in [2.75, 3.05) is 23.4 Å². The number of carbonyl (C=O) groups excluding carboxylic acids is 1. The highest BCUT2D eigenvalue weighted by Crippen LogP contribution is 2.51. The molecule has 1 atom stereocenters. The van der Waals surface area contributed by atoms with Crippen molar-refractivity contribution in [3.8, 4) is 11.4 Å². The molecule has 1 unspecified atom stereocenters. The van der Waals surface area contributed by atoms with Crippen LogP contribution in [0.5, 0.6) is 5.75 Å². The van der Waals surface area contributed by atoms with Crippen LogP contribution in [-0.4, -0.2) is 43.7 Å². The van der Waals surface area contributed by atoms with Gasteiger partial charge in [-0.2, -0.15) is 5.10 Å². The Balaban J connectivity index is 1.41. The van der Waals surface area contributed by atoms with Crippen molar-refractivity contribution in [1.82, 2.24) is 9.78 Å². The number of carbonyl (C=O) groups is 1. The summed E-state index contributed by atoms with van der Waals surface area (Å²) in [4.78, 5) is 13.9. The van der Waals surface area contributed by atoms with Crippen LogP contribution >= 0.6 is 0 Å². The van der Waals surface area contributed by atoms with Crippen molar-refractivity contribution in [2.45, 2.75) is 51.0 Å². The summed E-state index contributed by atoms with van der Waals surface area (Å²) in [7, 11) is -2.16. The van der Waals surface area contributed by atoms with Gasteiger partial charge in [0.1, 0.15) is 0 Å². The van der Waals surface area contributed by atoms with Crippen LogP contribution in [0.1, 0.15) is 65.0 Å². The summed E-state index contributed by atoms with van der Waals surface area (Å²) < 4.78 is 34.4. The third-order valence-corrected chi connectivity index (χ3v) is 9.15. The van der Waals surface area contributed by atoms with Crippen molar-refractivity contribution in [3.63, 3.8) is 0 Å². The van der Waals surface area contributed by atoms with E-state index < -0.39 is 21.5 Å². The number of aryl methyl sites for hydroxylation is 1. The number of hydrogen-bond acceptors (Lipinski definition) is 8. The number of hydrogen-bond donors (Lipinski definition) is 2. The predicted octanol–water partition coefficient (Wildman–Crippen LogP) is 6.12. The van der Waals surface area contributed by atoms with Crippen LogP contribution in [0.25, 0.3) is 5.69 Å². The summed E-state index contributed by atoms with van der Waals surface area (Å²) in [6.07, 6.45) is 7.16. The van der Waals surface area contributed by atoms with Gasteiger partial charge in [-0.3, -0.25) is 9.52 Å². The van der Waals surface area contributed by atoms with Gasteiger partial charge >= 0.3 is 0 Å². The minimum atomic E-state index is -3.61. The zero-order valence-corrected chi connectivity index (χ0v) is 26.6. The number of anilines is 2. The fourth-order valence-corrected chi connectivity index (χ4v) is 6.41. The summed E-state index contributed by atoms with van der Waals surface area (Å²) in [5.41, 5.74) is 5.09. The molecule has 45 heavy (non-hydrogen) atoms. The Morgan fingerprint density at radius 2 is 1.78 bits per heavy atom. The molecule has 11 nitrogen and oxygen atoms in total. The third kappa shape index (κ3) is 5.61. The predicted molar refractivity (Wildman–Crippen MR) is 174 cm³/mol. The Bertz CT molecular complexity index is 1950. The molecule has 6 rings (SSSR count). The largest absolute Gasteiger partial charge is 0.492 e. The molecule has 1 saturated carbocycles. The Hall–Kier alpha value is -4.84. The molecule has 3 aromatic carbocycles. The van der Waals surface area contributed by atoms with Crippen molar-refractivity contribution >= 4 is 33.5 Å². The lowest BCUT2D eigenvalue weighted by Crippen LogP contribution is -2.28. The SMILES string of the molecule is CCc1c(C2(c3cc(C(=O)Nc4cc(C5(C)CC5)cc(NS(C)(=O)=O)c4OC)ccc3C)C=NN=N2)cnn1-c1ccccc1. The maximum absolute atomic E-state index is 13.9. The molecule has 12 heteroatoms. The van der Waals surface area contributed by atoms with E-state index in [1.165, 1.54) is 7.11 Å². The lowest BCUT2D eigenvalue weighted by atomic mass is 9.81. The van der Waals surface area contributed by atoms with Gasteiger partial charge in [0, 0.05) is 11.1 Å². The Labute approximate surface area is 262 Å². The van der Waals surface area contributed by atoms with E-state index in [0.717, 1.165) is 52.7 Å². The van der Waals surface area contributed by atoms with Gasteiger partial charge < -0.3 is 10.1 Å². The molecule has 0 bridgehead atoms. The van der Waals surface area contributed by atoms with Crippen LogP contribution in [-0.2, 0) is 27.4 Å². The minimum absolute atomic E-state index is 0.100. The van der Waals surface area contributed by atoms with Crippen LogP contribution < -0.4 is 14.8 Å². The Kier molecular flexibility index (Phi) is 7.56. The number of aromatic nitrogens is 2. The van der Waals surface area contributed by atoms with Crippen LogP contribution in [0.2, 0.25) is 0 Å². The van der Waals surface area contributed by atoms with Gasteiger partial charge in [-0.1, -0.05) is 38.1 Å². The monoisotopic (exact) mass is 625 g/mol. The maximum Gasteiger partial charge on any atom is 0.255 e. The van der Waals surface area contributed by atoms with E-state index in [-0.39, 0.29) is 16.9 Å². The van der Waals surface area contributed by atoms with Gasteiger partial charge in [-0.15, -0.1) is 10.2 Å². The second kappa shape index (κ2) is 11.3. The standard InChI is InChI=1S/C33H35N7O4S/c1-6-29-26(19-35-40(29)24-10-8-7-9-11-24)33(20-34-39-38-33)25-16-22(13-12-21(25)2)31(41)36-27-17-23(32(3)14-15-32)18-28(30(27)44-4)37-45(5,42)43/h7-13,16-20,37H,6,14-15H2,1-5H3,(H,36,41). The normalized spacial score (nSPS) is 18.2. The van der Waals surface area contributed by atoms with Gasteiger partial charge in [0.2, 0.25) is 10.0 Å². The number of para-hydroxylation sites is 1. The lowest BCUT2D eigenvalue weighted by molar-refractivity contribution is 0.102. The molecule has 0 spiro atoms. The summed E-state index contributed by atoms with van der Waals surface area (Å²) >= 11 is 0. The molecule has 2 heterocycles. The quantitative estimate of drug-likeness (QED) is 0.219. The minimum Gasteiger partial charge on any atom is -0.492 e. The summed E-state index contributed by atoms with van der Waals surface area (Å²) in [5.74, 6) is -0.168. The van der Waals surface area contributed by atoms with Gasteiger partial charge in [0.05, 0.1) is 48.5 Å². The van der Waals surface area contributed by atoms with Crippen LogP contribution in [0.4, 0.5) is 11.4 Å². The summed E-state index contributed by atoms with van der Waals surface area (Å²) in [5, 5.41) is 20.5. The average Bonchev–Trinajstić information content (AvgIpc) is 3.39. The van der Waals surface area contributed by atoms with Crippen LogP contribution in [0, 0.1) is 6.92 Å². The molecule has 0 saturated heterocycles. The molecule has 4 aromatic rings. The van der Waals surface area contributed by atoms with Gasteiger partial charge in [-0.05, 0) is 89.9 Å². The molecule has 0 radical (unpaired) electrons. The first-order valence-corrected chi connectivity index (χ1v) is 16.6. The first kappa shape index (κ1) is 30.2. The van der Waals surface area contributed by atoms with Crippen molar-refractivity contribution in [2.24, 2.45) is 15.4 Å². The molecular formula is C33H35N7O4S. The fourth-order valence-electron chi connectivity index (χ4n) is 5.86. The first-order valence-electron chi connectivity index (χ1n) is 14.7. The van der Waals surface area contributed by atoms with E-state index in [0.29, 0.717) is 17.7 Å². The van der Waals surface area contributed by atoms with Gasteiger partial charge in [0.25, 0.3) is 5.91 Å². The number of sulfonamides is 1. The van der Waals surface area contributed by atoms with E-state index in [9.17, 15) is 13.2 Å². The number of benzene rings is 3. The third-order valence-electron chi connectivity index (χ3n) is 8.56. The van der Waals surface area contributed by atoms with Crippen LogP contribution in [0.15, 0.2) is 82.3 Å². The van der Waals surface area contributed by atoms with Crippen molar-refractivity contribution < 1.29 is 17.9 Å². The molecule has 1 fully saturated rings. The molecule has 1 aliphatic carbocycles. The second-order valence-corrected chi connectivity index (χ2v) is 13.6. The Morgan fingerprint density at radius 3 is 2.40 bits per heavy atom. The molecular weight excluding hydrogens is 590 g/mol. The van der Waals surface area contributed by atoms with Gasteiger partial charge in [0.15, 0.2) is 11.3 Å². The zero-order chi connectivity index (χ0) is 32.0. The molecule has 232 valence electrons. The van der Waals surface area contributed by atoms with Gasteiger partial charge in [-0.25, -0.2) is 13.1 Å². The smallest absolute Gasteiger partial charge is 0.255 e. The number of nitrogens with one attached hydrogen (secondary N) is 2. The average molecular weight is 626 g/mol. The van der Waals surface area contributed by atoms with E-state index in [1.54, 1.807) is 30.6 Å². The van der Waals surface area contributed by atoms with E-state index in [2.05, 4.69) is 39.3 Å². The molecule has 1 aliphatic heterocycles. The molecule has 1 amide bonds. The topological polar surface area (TPSA) is 139 Å². The lowest BCUT2D eigenvalue weighted by Gasteiger charge is -2.25. The highest BCUT2D eigenvalue weighted by molar-refractivity contribution is 7.92. The number of amides is 1. The van der Waals surface area contributed by atoms with Crippen molar-refractivity contribution in [1.29, 1.82) is 0 Å². The number of nitrogens with zero attached hydrogens (tertiary/aromatic N) is 5. The fraction of sp³-hybridized carbons (Fsp3) is 0.303. The van der Waals surface area contributed by atoms with E-state index >= 15 is 0 Å². The molecule has 2 N–H and O–H groups in total. The van der Waals surface area contributed by atoms with Crippen LogP contribution in [0.3, 0.4) is 0 Å². The summed E-state index contributed by atoms with van der Waals surface area (Å²) in [6, 6.07) is 18.9. The highest BCUT2D eigenvalue weighted by Gasteiger charge is 2.42. The van der Waals surface area contributed by atoms with Crippen molar-refractivity contribution in [3.05, 3.63) is 100 Å². The van der Waals surface area contributed by atoms with E-state index in [1.807, 2.05) is 54.1 Å². The molecule has 1 aromatic heterocycles. The molecule has 2 aliphatic rings. The maximum atomic E-state index is 13.9. The first-order chi connectivity index (χ1) is 21.5. The number of rotatable bonds is 10. The zero-order valence-electron chi connectivity index (χ0n) is 25.8. The Morgan fingerprint density at radius 1 is 1.04 bits per heavy atom. The summed E-state index contributed by atoms with van der Waals surface area (Å²) in [6.45, 7) is 6.13.